The van der Waals surface area contributed by atoms with Gasteiger partial charge in [-0.05, 0) is 25.0 Å². The van der Waals surface area contributed by atoms with Crippen LogP contribution in [0, 0.1) is 0 Å². The molecular weight excluding hydrogens is 318 g/mol. The third-order valence-electron chi connectivity index (χ3n) is 3.51. The zero-order valence-corrected chi connectivity index (χ0v) is 13.9. The first-order valence-electron chi connectivity index (χ1n) is 7.11. The molecule has 122 valence electrons. The Bertz CT molecular complexity index is 702. The van der Waals surface area contributed by atoms with Crippen LogP contribution in [0.2, 0.25) is 0 Å². The zero-order chi connectivity index (χ0) is 16.4. The molecule has 1 saturated carbocycles. The van der Waals surface area contributed by atoms with Crippen LogP contribution in [0.3, 0.4) is 0 Å². The number of ether oxygens (including phenoxy) is 3. The van der Waals surface area contributed by atoms with Crippen LogP contribution in [0.5, 0.6) is 17.2 Å². The number of rotatable bonds is 6. The van der Waals surface area contributed by atoms with Gasteiger partial charge < -0.3 is 14.2 Å². The fraction of sp³-hybridized carbons (Fsp3) is 0.400. The molecule has 3 rings (SSSR count). The topological polar surface area (TPSA) is 82.6 Å². The van der Waals surface area contributed by atoms with E-state index in [4.69, 9.17) is 14.2 Å². The molecule has 23 heavy (non-hydrogen) atoms. The van der Waals surface area contributed by atoms with Gasteiger partial charge >= 0.3 is 0 Å². The summed E-state index contributed by atoms with van der Waals surface area (Å²) in [7, 11) is 4.53. The molecule has 1 heterocycles. The summed E-state index contributed by atoms with van der Waals surface area (Å²) < 4.78 is 15.8. The van der Waals surface area contributed by atoms with E-state index < -0.39 is 0 Å². The van der Waals surface area contributed by atoms with Gasteiger partial charge in [-0.25, -0.2) is 0 Å². The highest BCUT2D eigenvalue weighted by Gasteiger charge is 2.28. The van der Waals surface area contributed by atoms with E-state index in [9.17, 15) is 4.79 Å². The molecule has 0 bridgehead atoms. The van der Waals surface area contributed by atoms with E-state index in [1.165, 1.54) is 32.7 Å². The SMILES string of the molecule is COc1cc(C(=O)Nc2nnc(C3CC3)s2)cc(OC)c1OC. The Morgan fingerprint density at radius 1 is 1.13 bits per heavy atom. The van der Waals surface area contributed by atoms with E-state index in [1.54, 1.807) is 12.1 Å². The summed E-state index contributed by atoms with van der Waals surface area (Å²) in [5.41, 5.74) is 0.391. The highest BCUT2D eigenvalue weighted by Crippen LogP contribution is 2.42. The summed E-state index contributed by atoms with van der Waals surface area (Å²) in [4.78, 5) is 12.4. The molecule has 0 unspecified atom stereocenters. The molecular formula is C15H17N3O4S. The molecule has 0 spiro atoms. The molecule has 1 aromatic carbocycles. The minimum Gasteiger partial charge on any atom is -0.493 e. The van der Waals surface area contributed by atoms with E-state index in [0.717, 1.165) is 17.8 Å². The number of benzene rings is 1. The number of carbonyl (C=O) groups is 1. The first-order valence-corrected chi connectivity index (χ1v) is 7.92. The van der Waals surface area contributed by atoms with Gasteiger partial charge in [0.25, 0.3) is 5.91 Å². The lowest BCUT2D eigenvalue weighted by Crippen LogP contribution is -2.12. The Morgan fingerprint density at radius 2 is 1.78 bits per heavy atom. The quantitative estimate of drug-likeness (QED) is 0.874. The molecule has 7 nitrogen and oxygen atoms in total. The van der Waals surface area contributed by atoms with Gasteiger partial charge in [-0.3, -0.25) is 10.1 Å². The average Bonchev–Trinajstić information content (AvgIpc) is 3.33. The van der Waals surface area contributed by atoms with Gasteiger partial charge in [-0.15, -0.1) is 10.2 Å². The van der Waals surface area contributed by atoms with Crippen molar-refractivity contribution in [1.82, 2.24) is 10.2 Å². The molecule has 1 amide bonds. The molecule has 2 aromatic rings. The third-order valence-corrected chi connectivity index (χ3v) is 4.52. The van der Waals surface area contributed by atoms with Gasteiger partial charge in [0.2, 0.25) is 10.9 Å². The molecule has 1 aromatic heterocycles. The van der Waals surface area contributed by atoms with Gasteiger partial charge in [0, 0.05) is 11.5 Å². The summed E-state index contributed by atoms with van der Waals surface area (Å²) in [5.74, 6) is 1.50. The van der Waals surface area contributed by atoms with Gasteiger partial charge in [-0.2, -0.15) is 0 Å². The molecule has 8 heteroatoms. The lowest BCUT2D eigenvalue weighted by atomic mass is 10.1. The molecule has 0 radical (unpaired) electrons. The van der Waals surface area contributed by atoms with E-state index in [2.05, 4.69) is 15.5 Å². The summed E-state index contributed by atoms with van der Waals surface area (Å²) in [6.45, 7) is 0. The molecule has 1 N–H and O–H groups in total. The maximum atomic E-state index is 12.4. The van der Waals surface area contributed by atoms with Gasteiger partial charge in [-0.1, -0.05) is 11.3 Å². The summed E-state index contributed by atoms with van der Waals surface area (Å²) in [6, 6.07) is 3.19. The first-order chi connectivity index (χ1) is 11.2. The van der Waals surface area contributed by atoms with Crippen molar-refractivity contribution >= 4 is 22.4 Å². The third kappa shape index (κ3) is 3.21. The van der Waals surface area contributed by atoms with Crippen LogP contribution >= 0.6 is 11.3 Å². The lowest BCUT2D eigenvalue weighted by molar-refractivity contribution is 0.102. The fourth-order valence-corrected chi connectivity index (χ4v) is 3.07. The molecule has 0 saturated heterocycles. The second-order valence-electron chi connectivity index (χ2n) is 5.09. The lowest BCUT2D eigenvalue weighted by Gasteiger charge is -2.13. The van der Waals surface area contributed by atoms with Crippen LogP contribution < -0.4 is 19.5 Å². The van der Waals surface area contributed by atoms with Crippen molar-refractivity contribution in [3.63, 3.8) is 0 Å². The van der Waals surface area contributed by atoms with Gasteiger partial charge in [0.1, 0.15) is 5.01 Å². The Hall–Kier alpha value is -2.35. The van der Waals surface area contributed by atoms with Crippen molar-refractivity contribution in [3.8, 4) is 17.2 Å². The van der Waals surface area contributed by atoms with Crippen molar-refractivity contribution in [1.29, 1.82) is 0 Å². The largest absolute Gasteiger partial charge is 0.493 e. The van der Waals surface area contributed by atoms with Crippen LogP contribution in [0.4, 0.5) is 5.13 Å². The number of hydrogen-bond acceptors (Lipinski definition) is 7. The molecule has 0 aliphatic heterocycles. The highest BCUT2D eigenvalue weighted by molar-refractivity contribution is 7.15. The molecule has 0 atom stereocenters. The van der Waals surface area contributed by atoms with Crippen molar-refractivity contribution in [2.75, 3.05) is 26.6 Å². The first kappa shape index (κ1) is 15.5. The van der Waals surface area contributed by atoms with Crippen molar-refractivity contribution in [3.05, 3.63) is 22.7 Å². The number of anilines is 1. The minimum atomic E-state index is -0.303. The number of carbonyl (C=O) groups excluding carboxylic acids is 1. The van der Waals surface area contributed by atoms with E-state index in [1.807, 2.05) is 0 Å². The van der Waals surface area contributed by atoms with Crippen LogP contribution in [0.25, 0.3) is 0 Å². The van der Waals surface area contributed by atoms with Crippen molar-refractivity contribution in [2.24, 2.45) is 0 Å². The number of methoxy groups -OCH3 is 3. The minimum absolute atomic E-state index is 0.303. The maximum Gasteiger partial charge on any atom is 0.257 e. The Balaban J connectivity index is 1.82. The summed E-state index contributed by atoms with van der Waals surface area (Å²) in [5, 5.41) is 12.3. The number of hydrogen-bond donors (Lipinski definition) is 1. The highest BCUT2D eigenvalue weighted by atomic mass is 32.1. The summed E-state index contributed by atoms with van der Waals surface area (Å²) >= 11 is 1.41. The normalized spacial score (nSPS) is 13.5. The monoisotopic (exact) mass is 335 g/mol. The second kappa shape index (κ2) is 6.41. The van der Waals surface area contributed by atoms with Crippen LogP contribution in [0.15, 0.2) is 12.1 Å². The smallest absolute Gasteiger partial charge is 0.257 e. The Labute approximate surface area is 137 Å². The standard InChI is InChI=1S/C15H17N3O4S/c1-20-10-6-9(7-11(21-2)12(10)22-3)13(19)16-15-18-17-14(23-15)8-4-5-8/h6-8H,4-5H2,1-3H3,(H,16,18,19). The van der Waals surface area contributed by atoms with Crippen molar-refractivity contribution in [2.45, 2.75) is 18.8 Å². The van der Waals surface area contributed by atoms with Crippen molar-refractivity contribution < 1.29 is 19.0 Å². The van der Waals surface area contributed by atoms with Gasteiger partial charge in [0.15, 0.2) is 11.5 Å². The Kier molecular flexibility index (Phi) is 4.33. The van der Waals surface area contributed by atoms with E-state index >= 15 is 0 Å². The molecule has 1 aliphatic rings. The predicted octanol–water partition coefficient (Wildman–Crippen LogP) is 2.69. The van der Waals surface area contributed by atoms with Crippen LogP contribution in [-0.2, 0) is 0 Å². The summed E-state index contributed by atoms with van der Waals surface area (Å²) in [6.07, 6.45) is 2.30. The number of nitrogens with one attached hydrogen (secondary N) is 1. The van der Waals surface area contributed by atoms with Gasteiger partial charge in [0.05, 0.1) is 21.3 Å². The zero-order valence-electron chi connectivity index (χ0n) is 13.1. The van der Waals surface area contributed by atoms with Crippen LogP contribution in [-0.4, -0.2) is 37.4 Å². The predicted molar refractivity (Wildman–Crippen MR) is 85.9 cm³/mol. The number of amides is 1. The number of nitrogens with zero attached hydrogens (tertiary/aromatic N) is 2. The average molecular weight is 335 g/mol. The van der Waals surface area contributed by atoms with E-state index in [-0.39, 0.29) is 5.91 Å². The second-order valence-corrected chi connectivity index (χ2v) is 6.10. The number of aromatic nitrogens is 2. The van der Waals surface area contributed by atoms with Crippen LogP contribution in [0.1, 0.15) is 34.1 Å². The molecule has 1 fully saturated rings. The molecule has 1 aliphatic carbocycles. The fourth-order valence-electron chi connectivity index (χ4n) is 2.16. The Morgan fingerprint density at radius 3 is 2.30 bits per heavy atom. The maximum absolute atomic E-state index is 12.4. The van der Waals surface area contributed by atoms with E-state index in [0.29, 0.717) is 33.9 Å².